The maximum absolute atomic E-state index is 13.8. The SMILES string of the molecule is C[C@H](Oc1ccc(F)cc1-c1ccno1)c1nnc(-c2ccccc2C(F)(F)F)n1C. The van der Waals surface area contributed by atoms with E-state index in [-0.39, 0.29) is 11.4 Å². The number of halogens is 4. The molecular formula is C21H16F4N4O2. The number of benzene rings is 2. The third kappa shape index (κ3) is 4.00. The minimum Gasteiger partial charge on any atom is -0.482 e. The van der Waals surface area contributed by atoms with E-state index >= 15 is 0 Å². The fourth-order valence-corrected chi connectivity index (χ4v) is 3.25. The van der Waals surface area contributed by atoms with Crippen molar-refractivity contribution in [2.24, 2.45) is 7.05 Å². The van der Waals surface area contributed by atoms with Crippen LogP contribution in [0.2, 0.25) is 0 Å². The molecule has 31 heavy (non-hydrogen) atoms. The molecule has 0 N–H and O–H groups in total. The van der Waals surface area contributed by atoms with Crippen molar-refractivity contribution in [1.82, 2.24) is 19.9 Å². The van der Waals surface area contributed by atoms with E-state index in [4.69, 9.17) is 9.26 Å². The monoisotopic (exact) mass is 432 g/mol. The number of aromatic nitrogens is 4. The quantitative estimate of drug-likeness (QED) is 0.393. The highest BCUT2D eigenvalue weighted by atomic mass is 19.4. The Morgan fingerprint density at radius 2 is 1.81 bits per heavy atom. The van der Waals surface area contributed by atoms with E-state index in [1.807, 2.05) is 0 Å². The molecule has 6 nitrogen and oxygen atoms in total. The van der Waals surface area contributed by atoms with Gasteiger partial charge in [0.25, 0.3) is 0 Å². The first-order chi connectivity index (χ1) is 14.8. The molecule has 0 aliphatic carbocycles. The summed E-state index contributed by atoms with van der Waals surface area (Å²) in [7, 11) is 1.56. The molecule has 0 bridgehead atoms. The summed E-state index contributed by atoms with van der Waals surface area (Å²) in [4.78, 5) is 0. The summed E-state index contributed by atoms with van der Waals surface area (Å²) >= 11 is 0. The molecule has 2 aromatic heterocycles. The normalized spacial score (nSPS) is 12.7. The van der Waals surface area contributed by atoms with Crippen molar-refractivity contribution in [2.75, 3.05) is 0 Å². The number of hydrogen-bond acceptors (Lipinski definition) is 5. The Bertz CT molecular complexity index is 1200. The molecule has 0 saturated heterocycles. The first-order valence-electron chi connectivity index (χ1n) is 9.19. The lowest BCUT2D eigenvalue weighted by Crippen LogP contribution is -2.12. The summed E-state index contributed by atoms with van der Waals surface area (Å²) in [5.41, 5.74) is -0.557. The Labute approximate surface area is 174 Å². The molecule has 4 aromatic rings. The second-order valence-electron chi connectivity index (χ2n) is 6.76. The zero-order chi connectivity index (χ0) is 22.2. The van der Waals surface area contributed by atoms with Crippen LogP contribution in [0.3, 0.4) is 0 Å². The molecule has 0 spiro atoms. The first kappa shape index (κ1) is 20.6. The van der Waals surface area contributed by atoms with Crippen LogP contribution in [0, 0.1) is 5.82 Å². The van der Waals surface area contributed by atoms with Crippen molar-refractivity contribution in [2.45, 2.75) is 19.2 Å². The summed E-state index contributed by atoms with van der Waals surface area (Å²) in [6.45, 7) is 1.66. The van der Waals surface area contributed by atoms with Crippen molar-refractivity contribution in [3.05, 3.63) is 71.9 Å². The van der Waals surface area contributed by atoms with Gasteiger partial charge in [-0.3, -0.25) is 0 Å². The van der Waals surface area contributed by atoms with Crippen molar-refractivity contribution in [3.63, 3.8) is 0 Å². The highest BCUT2D eigenvalue weighted by Gasteiger charge is 2.35. The standard InChI is InChI=1S/C21H16F4N4O2/c1-12(30-17-8-7-13(22)11-15(17)18-9-10-26-31-18)19-27-28-20(29(19)2)14-5-3-4-6-16(14)21(23,24)25/h3-12H,1-2H3/t12-/m0/s1. The van der Waals surface area contributed by atoms with Gasteiger partial charge in [0.05, 0.1) is 17.3 Å². The van der Waals surface area contributed by atoms with Gasteiger partial charge in [0.2, 0.25) is 0 Å². The van der Waals surface area contributed by atoms with Crippen molar-refractivity contribution in [3.8, 4) is 28.5 Å². The molecule has 10 heteroatoms. The maximum atomic E-state index is 13.8. The molecule has 160 valence electrons. The van der Waals surface area contributed by atoms with E-state index in [1.54, 1.807) is 20.0 Å². The van der Waals surface area contributed by atoms with Crippen LogP contribution < -0.4 is 4.74 Å². The van der Waals surface area contributed by atoms with Crippen molar-refractivity contribution in [1.29, 1.82) is 0 Å². The van der Waals surface area contributed by atoms with Gasteiger partial charge in [-0.15, -0.1) is 10.2 Å². The van der Waals surface area contributed by atoms with E-state index in [0.717, 1.165) is 6.07 Å². The van der Waals surface area contributed by atoms with Gasteiger partial charge in [-0.25, -0.2) is 4.39 Å². The van der Waals surface area contributed by atoms with Crippen LogP contribution in [0.4, 0.5) is 17.6 Å². The van der Waals surface area contributed by atoms with Gasteiger partial charge in [0, 0.05) is 18.7 Å². The predicted octanol–water partition coefficient (Wildman–Crippen LogP) is 5.44. The van der Waals surface area contributed by atoms with E-state index in [0.29, 0.717) is 22.9 Å². The van der Waals surface area contributed by atoms with Gasteiger partial charge in [-0.1, -0.05) is 23.4 Å². The molecule has 2 heterocycles. The van der Waals surface area contributed by atoms with Crippen LogP contribution >= 0.6 is 0 Å². The van der Waals surface area contributed by atoms with Gasteiger partial charge < -0.3 is 13.8 Å². The highest BCUT2D eigenvalue weighted by Crippen LogP contribution is 2.37. The third-order valence-electron chi connectivity index (χ3n) is 4.69. The van der Waals surface area contributed by atoms with Gasteiger partial charge >= 0.3 is 6.18 Å². The summed E-state index contributed by atoms with van der Waals surface area (Å²) in [6.07, 6.45) is -3.83. The zero-order valence-electron chi connectivity index (χ0n) is 16.4. The number of nitrogens with zero attached hydrogens (tertiary/aromatic N) is 4. The van der Waals surface area contributed by atoms with Crippen LogP contribution in [0.25, 0.3) is 22.7 Å². The predicted molar refractivity (Wildman–Crippen MR) is 102 cm³/mol. The van der Waals surface area contributed by atoms with Crippen molar-refractivity contribution >= 4 is 0 Å². The molecule has 0 aliphatic heterocycles. The number of hydrogen-bond donors (Lipinski definition) is 0. The van der Waals surface area contributed by atoms with E-state index < -0.39 is 23.7 Å². The smallest absolute Gasteiger partial charge is 0.417 e. The summed E-state index contributed by atoms with van der Waals surface area (Å²) in [6, 6.07) is 10.6. The van der Waals surface area contributed by atoms with Crippen LogP contribution in [0.5, 0.6) is 5.75 Å². The fourth-order valence-electron chi connectivity index (χ4n) is 3.25. The molecular weight excluding hydrogens is 416 g/mol. The van der Waals surface area contributed by atoms with Crippen LogP contribution in [0.1, 0.15) is 24.4 Å². The first-order valence-corrected chi connectivity index (χ1v) is 9.19. The molecule has 1 atom stereocenters. The second kappa shape index (κ2) is 7.86. The lowest BCUT2D eigenvalue weighted by molar-refractivity contribution is -0.137. The molecule has 0 aliphatic rings. The minimum absolute atomic E-state index is 0.0490. The number of rotatable bonds is 5. The average molecular weight is 432 g/mol. The Balaban J connectivity index is 1.68. The Morgan fingerprint density at radius 3 is 2.52 bits per heavy atom. The number of alkyl halides is 3. The molecule has 0 amide bonds. The minimum atomic E-state index is -4.54. The largest absolute Gasteiger partial charge is 0.482 e. The van der Waals surface area contributed by atoms with Gasteiger partial charge in [0.1, 0.15) is 11.6 Å². The highest BCUT2D eigenvalue weighted by molar-refractivity contribution is 5.65. The van der Waals surface area contributed by atoms with E-state index in [1.165, 1.54) is 47.2 Å². The molecule has 0 unspecified atom stereocenters. The average Bonchev–Trinajstić information content (AvgIpc) is 3.38. The van der Waals surface area contributed by atoms with Gasteiger partial charge in [-0.05, 0) is 31.2 Å². The Kier molecular flexibility index (Phi) is 5.22. The van der Waals surface area contributed by atoms with Crippen molar-refractivity contribution < 1.29 is 26.8 Å². The van der Waals surface area contributed by atoms with E-state index in [2.05, 4.69) is 15.4 Å². The van der Waals surface area contributed by atoms with E-state index in [9.17, 15) is 17.6 Å². The maximum Gasteiger partial charge on any atom is 0.417 e. The number of ether oxygens (including phenoxy) is 1. The third-order valence-corrected chi connectivity index (χ3v) is 4.69. The summed E-state index contributed by atoms with van der Waals surface area (Å²) in [5, 5.41) is 11.6. The lowest BCUT2D eigenvalue weighted by atomic mass is 10.1. The lowest BCUT2D eigenvalue weighted by Gasteiger charge is -2.17. The topological polar surface area (TPSA) is 66.0 Å². The molecule has 0 radical (unpaired) electrons. The van der Waals surface area contributed by atoms with Crippen LogP contribution in [-0.4, -0.2) is 19.9 Å². The fraction of sp³-hybridized carbons (Fsp3) is 0.190. The Morgan fingerprint density at radius 1 is 1.03 bits per heavy atom. The second-order valence-corrected chi connectivity index (χ2v) is 6.76. The molecule has 4 rings (SSSR count). The molecule has 0 fully saturated rings. The van der Waals surface area contributed by atoms with Gasteiger partial charge in [-0.2, -0.15) is 13.2 Å². The summed E-state index contributed by atoms with van der Waals surface area (Å²) < 4.78 is 66.4. The van der Waals surface area contributed by atoms with Crippen LogP contribution in [-0.2, 0) is 13.2 Å². The van der Waals surface area contributed by atoms with Gasteiger partial charge in [0.15, 0.2) is 23.5 Å². The summed E-state index contributed by atoms with van der Waals surface area (Å²) in [5.74, 6) is 0.453. The Hall–Kier alpha value is -3.69. The molecule has 0 saturated carbocycles. The molecule has 2 aromatic carbocycles. The zero-order valence-corrected chi connectivity index (χ0v) is 16.4. The van der Waals surface area contributed by atoms with Crippen LogP contribution in [0.15, 0.2) is 59.3 Å².